The van der Waals surface area contributed by atoms with Crippen molar-refractivity contribution in [2.75, 3.05) is 118 Å². The summed E-state index contributed by atoms with van der Waals surface area (Å²) >= 11 is 0. The number of hydrogen-bond acceptors (Lipinski definition) is 24. The van der Waals surface area contributed by atoms with Crippen LogP contribution in [0, 0.1) is 5.41 Å². The van der Waals surface area contributed by atoms with Crippen LogP contribution in [0.15, 0.2) is 0 Å². The van der Waals surface area contributed by atoms with Gasteiger partial charge in [0.1, 0.15) is 48.7 Å². The van der Waals surface area contributed by atoms with Gasteiger partial charge in [0.2, 0.25) is 53.2 Å². The van der Waals surface area contributed by atoms with E-state index in [1.807, 2.05) is 6.92 Å². The van der Waals surface area contributed by atoms with Crippen LogP contribution in [0.5, 0.6) is 0 Å². The molecule has 2 aliphatic rings. The molecule has 33 heteroatoms. The second-order valence-electron chi connectivity index (χ2n) is 22.6. The predicted octanol–water partition coefficient (Wildman–Crippen LogP) is -5.02. The lowest BCUT2D eigenvalue weighted by Crippen LogP contribution is -2.64. The number of aliphatic hydroxyl groups excluding tert-OH is 7. The number of unbranched alkanes of at least 4 members (excludes halogenated alkanes) is 3. The van der Waals surface area contributed by atoms with Crippen molar-refractivity contribution < 1.29 is 117 Å². The fraction of sp³-hybridized carbons (Fsp3) is 0.845. The molecule has 526 valence electrons. The number of rotatable bonds is 51. The summed E-state index contributed by atoms with van der Waals surface area (Å²) in [6, 6.07) is -2.13. The first-order chi connectivity index (χ1) is 43.5. The van der Waals surface area contributed by atoms with Gasteiger partial charge in [0.15, 0.2) is 18.9 Å². The first-order valence-corrected chi connectivity index (χ1v) is 31.4. The number of aliphatic hydroxyl groups is 7. The molecule has 91 heavy (non-hydrogen) atoms. The highest BCUT2D eigenvalue weighted by Crippen LogP contribution is 2.24. The molecule has 0 aromatic heterocycles. The van der Waals surface area contributed by atoms with Gasteiger partial charge < -0.3 is 121 Å². The number of nitrogens with one attached hydrogen (secondary N) is 9. The molecule has 2 heterocycles. The lowest BCUT2D eigenvalue weighted by atomic mass is 9.94. The number of amides is 9. The SMILES string of the molecule is CC(=O)NCC(O)OCCCCC(=O)NCCCNC(=O)CCOCC(C)(COCCC(=O)NCCCNC(=O)CCCCOC1OC(CO)C(O)C(O)C1NC(C)=O)COCCC(=O)NCCCNC(=O)CCCCOC1OC(CO)C(O)C(O)C1NC(C)=O. The van der Waals surface area contributed by atoms with Gasteiger partial charge in [-0.05, 0) is 57.8 Å². The lowest BCUT2D eigenvalue weighted by molar-refractivity contribution is -0.270. The number of carbonyl (C=O) groups is 9. The Morgan fingerprint density at radius 1 is 0.418 bits per heavy atom. The summed E-state index contributed by atoms with van der Waals surface area (Å²) in [7, 11) is 0. The third-order valence-corrected chi connectivity index (χ3v) is 14.1. The Labute approximate surface area is 531 Å². The van der Waals surface area contributed by atoms with E-state index >= 15 is 0 Å². The van der Waals surface area contributed by atoms with Crippen molar-refractivity contribution in [3.05, 3.63) is 0 Å². The molecule has 0 saturated carbocycles. The Bertz CT molecular complexity index is 2020. The van der Waals surface area contributed by atoms with Crippen molar-refractivity contribution >= 4 is 53.2 Å². The van der Waals surface area contributed by atoms with Crippen LogP contribution in [0.1, 0.15) is 124 Å². The molecular formula is C58H105N9O24. The Hall–Kier alpha value is -5.37. The molecule has 2 aliphatic heterocycles. The van der Waals surface area contributed by atoms with Gasteiger partial charge in [0, 0.05) is 124 Å². The maximum atomic E-state index is 12.6. The Morgan fingerprint density at radius 2 is 0.736 bits per heavy atom. The van der Waals surface area contributed by atoms with Crippen LogP contribution in [0.4, 0.5) is 0 Å². The highest BCUT2D eigenvalue weighted by molar-refractivity contribution is 5.78. The summed E-state index contributed by atoms with van der Waals surface area (Å²) in [6.45, 7) is 7.28. The minimum absolute atomic E-state index is 0.0215. The van der Waals surface area contributed by atoms with Crippen LogP contribution >= 0.6 is 0 Å². The third-order valence-electron chi connectivity index (χ3n) is 14.1. The van der Waals surface area contributed by atoms with Gasteiger partial charge in [-0.2, -0.15) is 0 Å². The average Bonchev–Trinajstić information content (AvgIpc) is 0.867. The van der Waals surface area contributed by atoms with Crippen LogP contribution in [-0.2, 0) is 81.0 Å². The van der Waals surface area contributed by atoms with E-state index in [-0.39, 0.29) is 146 Å². The molecule has 33 nitrogen and oxygen atoms in total. The normalized spacial score (nSPS) is 22.3. The van der Waals surface area contributed by atoms with Crippen LogP contribution in [0.3, 0.4) is 0 Å². The van der Waals surface area contributed by atoms with Gasteiger partial charge in [0.05, 0.1) is 59.4 Å². The number of hydrogen-bond donors (Lipinski definition) is 16. The van der Waals surface area contributed by atoms with Gasteiger partial charge in [-0.3, -0.25) is 43.2 Å². The molecule has 11 atom stereocenters. The first kappa shape index (κ1) is 81.7. The third kappa shape index (κ3) is 37.8. The Kier molecular flexibility index (Phi) is 43.4. The molecule has 16 N–H and O–H groups in total. The van der Waals surface area contributed by atoms with Crippen LogP contribution < -0.4 is 47.9 Å². The summed E-state index contributed by atoms with van der Waals surface area (Å²) in [5.41, 5.74) is -0.766. The smallest absolute Gasteiger partial charge is 0.222 e. The molecule has 0 bridgehead atoms. The van der Waals surface area contributed by atoms with Gasteiger partial charge in [-0.15, -0.1) is 0 Å². The lowest BCUT2D eigenvalue weighted by Gasteiger charge is -2.42. The minimum Gasteiger partial charge on any atom is -0.394 e. The molecule has 2 saturated heterocycles. The van der Waals surface area contributed by atoms with Gasteiger partial charge >= 0.3 is 0 Å². The summed E-state index contributed by atoms with van der Waals surface area (Å²) in [6.07, 6.45) is -6.32. The minimum atomic E-state index is -1.43. The standard InChI is InChI=1S/C58H105N9O24/c1-38(70)65-32-49(79)87-26-8-5-14-43(73)59-20-11-23-62-46(76)17-29-84-35-58(4,36-85-30-18-47(77)63-24-12-21-60-44(74)15-6-9-27-88-56-50(66-39(2)71)54(82)52(80)41(33-68)90-56)37-86-31-19-48(78)64-25-13-22-61-45(75)16-7-10-28-89-57-51(67-40(3)72)55(83)53(81)42(34-69)91-57/h41-42,49-57,68-69,79-83H,5-37H2,1-4H3,(H,59,73)(H,60,74)(H,61,75)(H,62,76)(H,63,77)(H,64,78)(H,65,70)(H,66,71)(H,67,72). The molecule has 11 unspecified atom stereocenters. The predicted molar refractivity (Wildman–Crippen MR) is 321 cm³/mol. The summed E-state index contributed by atoms with van der Waals surface area (Å²) in [5, 5.41) is 94.0. The largest absolute Gasteiger partial charge is 0.394 e. The molecule has 2 fully saturated rings. The molecular weight excluding hydrogens is 1210 g/mol. The number of carbonyl (C=O) groups excluding carboxylic acids is 9. The Balaban J connectivity index is 1.71. The van der Waals surface area contributed by atoms with Crippen LogP contribution in [0.2, 0.25) is 0 Å². The second kappa shape index (κ2) is 48.4. The van der Waals surface area contributed by atoms with Crippen molar-refractivity contribution in [2.24, 2.45) is 5.41 Å². The zero-order valence-electron chi connectivity index (χ0n) is 53.3. The van der Waals surface area contributed by atoms with E-state index in [0.29, 0.717) is 97.1 Å². The fourth-order valence-electron chi connectivity index (χ4n) is 9.03. The molecule has 0 aliphatic carbocycles. The van der Waals surface area contributed by atoms with Crippen molar-refractivity contribution in [2.45, 2.75) is 192 Å². The molecule has 0 radical (unpaired) electrons. The van der Waals surface area contributed by atoms with Crippen molar-refractivity contribution in [1.82, 2.24) is 47.9 Å². The van der Waals surface area contributed by atoms with E-state index in [1.54, 1.807) is 0 Å². The zero-order chi connectivity index (χ0) is 67.4. The summed E-state index contributed by atoms with van der Waals surface area (Å²) < 4.78 is 45.3. The summed E-state index contributed by atoms with van der Waals surface area (Å²) in [4.78, 5) is 109. The maximum Gasteiger partial charge on any atom is 0.222 e. The van der Waals surface area contributed by atoms with Gasteiger partial charge in [-0.1, -0.05) is 6.92 Å². The van der Waals surface area contributed by atoms with Crippen LogP contribution in [-0.4, -0.2) is 275 Å². The van der Waals surface area contributed by atoms with E-state index in [0.717, 1.165) is 0 Å². The average molecular weight is 1310 g/mol. The van der Waals surface area contributed by atoms with Gasteiger partial charge in [-0.25, -0.2) is 0 Å². The highest BCUT2D eigenvalue weighted by Gasteiger charge is 2.46. The van der Waals surface area contributed by atoms with Crippen molar-refractivity contribution in [3.8, 4) is 0 Å². The molecule has 9 amide bonds. The molecule has 0 spiro atoms. The van der Waals surface area contributed by atoms with E-state index in [1.165, 1.54) is 20.8 Å². The quantitative estimate of drug-likeness (QED) is 0.0200. The van der Waals surface area contributed by atoms with E-state index in [2.05, 4.69) is 47.9 Å². The zero-order valence-corrected chi connectivity index (χ0v) is 53.3. The first-order valence-electron chi connectivity index (χ1n) is 31.4. The van der Waals surface area contributed by atoms with E-state index in [9.17, 15) is 78.9 Å². The number of ether oxygens (including phenoxy) is 8. The molecule has 0 aromatic carbocycles. The maximum absolute atomic E-state index is 12.6. The van der Waals surface area contributed by atoms with Crippen LogP contribution in [0.25, 0.3) is 0 Å². The van der Waals surface area contributed by atoms with Gasteiger partial charge in [0.25, 0.3) is 0 Å². The molecule has 0 aromatic rings. The van der Waals surface area contributed by atoms with Crippen molar-refractivity contribution in [1.29, 1.82) is 0 Å². The fourth-order valence-corrected chi connectivity index (χ4v) is 9.03. The van der Waals surface area contributed by atoms with E-state index < -0.39 is 98.0 Å². The second-order valence-corrected chi connectivity index (χ2v) is 22.6. The topological polar surface area (TPSA) is 477 Å². The highest BCUT2D eigenvalue weighted by atomic mass is 16.7. The van der Waals surface area contributed by atoms with Crippen molar-refractivity contribution in [3.63, 3.8) is 0 Å². The van der Waals surface area contributed by atoms with E-state index in [4.69, 9.17) is 37.9 Å². The molecule has 2 rings (SSSR count). The Morgan fingerprint density at radius 3 is 1.04 bits per heavy atom. The monoisotopic (exact) mass is 1310 g/mol. The summed E-state index contributed by atoms with van der Waals surface area (Å²) in [5.74, 6) is -2.61.